The first kappa shape index (κ1) is 15.3. The highest BCUT2D eigenvalue weighted by Gasteiger charge is 2.42. The number of aliphatic hydroxyl groups is 2. The number of aromatic hydroxyl groups is 1. The maximum Gasteiger partial charge on any atom is 0.338 e. The number of hydrogen-bond acceptors (Lipinski definition) is 7. The monoisotopic (exact) mass is 318 g/mol. The predicted octanol–water partition coefficient (Wildman–Crippen LogP) is 0.228. The molecule has 3 rings (SSSR count). The van der Waals surface area contributed by atoms with E-state index in [1.807, 2.05) is 0 Å². The third-order valence-corrected chi connectivity index (χ3v) is 3.80. The number of methoxy groups -OCH3 is 1. The van der Waals surface area contributed by atoms with Crippen molar-refractivity contribution in [2.75, 3.05) is 7.11 Å². The van der Waals surface area contributed by atoms with E-state index in [1.165, 1.54) is 31.4 Å². The van der Waals surface area contributed by atoms with Gasteiger partial charge >= 0.3 is 5.97 Å². The van der Waals surface area contributed by atoms with Crippen molar-refractivity contribution in [2.24, 2.45) is 0 Å². The molecule has 3 N–H and O–H groups in total. The first-order chi connectivity index (χ1) is 11.0. The number of phenolic OH excluding ortho intramolecular Hbond substituents is 1. The lowest BCUT2D eigenvalue weighted by atomic mass is 9.84. The zero-order valence-electron chi connectivity index (χ0n) is 12.1. The molecule has 1 aromatic carbocycles. The maximum atomic E-state index is 12.7. The van der Waals surface area contributed by atoms with Crippen LogP contribution < -0.4 is 4.74 Å². The SMILES string of the molecule is COC(=O)C1=C2C(=O)c3c(O)cc(CO)cc3O[C@H]2[C@H](O)C=C1. The second-order valence-electron chi connectivity index (χ2n) is 5.18. The lowest BCUT2D eigenvalue weighted by molar-refractivity contribution is -0.135. The highest BCUT2D eigenvalue weighted by molar-refractivity contribution is 6.18. The molecule has 0 bridgehead atoms. The fourth-order valence-corrected chi connectivity index (χ4v) is 2.72. The van der Waals surface area contributed by atoms with Gasteiger partial charge in [0, 0.05) is 0 Å². The van der Waals surface area contributed by atoms with Crippen LogP contribution in [0.4, 0.5) is 0 Å². The summed E-state index contributed by atoms with van der Waals surface area (Å²) in [6.07, 6.45) is 0.417. The normalized spacial score (nSPS) is 22.3. The first-order valence-corrected chi connectivity index (χ1v) is 6.84. The van der Waals surface area contributed by atoms with Gasteiger partial charge in [-0.25, -0.2) is 4.79 Å². The molecule has 1 heterocycles. The minimum absolute atomic E-state index is 0.0240. The smallest absolute Gasteiger partial charge is 0.338 e. The van der Waals surface area contributed by atoms with Gasteiger partial charge in [0.2, 0.25) is 5.78 Å². The summed E-state index contributed by atoms with van der Waals surface area (Å²) in [7, 11) is 1.18. The van der Waals surface area contributed by atoms with Crippen LogP contribution in [-0.2, 0) is 16.1 Å². The largest absolute Gasteiger partial charge is 0.507 e. The van der Waals surface area contributed by atoms with Crippen molar-refractivity contribution in [3.8, 4) is 11.5 Å². The molecule has 23 heavy (non-hydrogen) atoms. The quantitative estimate of drug-likeness (QED) is 0.669. The Hall–Kier alpha value is -2.64. The number of benzene rings is 1. The summed E-state index contributed by atoms with van der Waals surface area (Å²) in [6, 6.07) is 2.65. The number of Topliss-reactive ketones (excluding diaryl/α,β-unsaturated/α-hetero) is 1. The molecule has 1 aliphatic heterocycles. The van der Waals surface area contributed by atoms with Gasteiger partial charge in [-0.15, -0.1) is 0 Å². The van der Waals surface area contributed by atoms with Crippen molar-refractivity contribution in [3.05, 3.63) is 46.6 Å². The minimum Gasteiger partial charge on any atom is -0.507 e. The highest BCUT2D eigenvalue weighted by atomic mass is 16.5. The van der Waals surface area contributed by atoms with Gasteiger partial charge in [-0.3, -0.25) is 4.79 Å². The van der Waals surface area contributed by atoms with Crippen LogP contribution >= 0.6 is 0 Å². The van der Waals surface area contributed by atoms with Crippen LogP contribution in [0.2, 0.25) is 0 Å². The second-order valence-corrected chi connectivity index (χ2v) is 5.18. The summed E-state index contributed by atoms with van der Waals surface area (Å²) < 4.78 is 10.3. The van der Waals surface area contributed by atoms with Gasteiger partial charge in [-0.1, -0.05) is 6.08 Å². The number of esters is 1. The summed E-state index contributed by atoms with van der Waals surface area (Å²) in [5.41, 5.74) is 0.156. The predicted molar refractivity (Wildman–Crippen MR) is 77.0 cm³/mol. The average molecular weight is 318 g/mol. The molecule has 0 radical (unpaired) electrons. The van der Waals surface area contributed by atoms with E-state index in [0.717, 1.165) is 0 Å². The first-order valence-electron chi connectivity index (χ1n) is 6.84. The van der Waals surface area contributed by atoms with Gasteiger partial charge in [-0.2, -0.15) is 0 Å². The fraction of sp³-hybridized carbons (Fsp3) is 0.250. The summed E-state index contributed by atoms with van der Waals surface area (Å²) in [5, 5.41) is 29.3. The van der Waals surface area contributed by atoms with Crippen LogP contribution in [0.15, 0.2) is 35.4 Å². The third kappa shape index (κ3) is 2.30. The summed E-state index contributed by atoms with van der Waals surface area (Å²) >= 11 is 0. The van der Waals surface area contributed by atoms with Crippen LogP contribution in [-0.4, -0.2) is 46.4 Å². The van der Waals surface area contributed by atoms with Crippen molar-refractivity contribution >= 4 is 11.8 Å². The van der Waals surface area contributed by atoms with E-state index >= 15 is 0 Å². The molecule has 0 aromatic heterocycles. The van der Waals surface area contributed by atoms with Gasteiger partial charge in [0.05, 0.1) is 24.9 Å². The number of fused-ring (bicyclic) bond motifs is 2. The molecule has 2 atom stereocenters. The van der Waals surface area contributed by atoms with Crippen molar-refractivity contribution < 1.29 is 34.4 Å². The van der Waals surface area contributed by atoms with Gasteiger partial charge in [-0.05, 0) is 23.8 Å². The van der Waals surface area contributed by atoms with Crippen LogP contribution in [0.3, 0.4) is 0 Å². The van der Waals surface area contributed by atoms with E-state index in [9.17, 15) is 24.9 Å². The molecule has 1 aromatic rings. The molecule has 0 saturated heterocycles. The van der Waals surface area contributed by atoms with Crippen molar-refractivity contribution in [3.63, 3.8) is 0 Å². The Morgan fingerprint density at radius 1 is 1.39 bits per heavy atom. The number of carbonyl (C=O) groups excluding carboxylic acids is 2. The van der Waals surface area contributed by atoms with Gasteiger partial charge < -0.3 is 24.8 Å². The molecular formula is C16H14O7. The third-order valence-electron chi connectivity index (χ3n) is 3.80. The molecule has 7 heteroatoms. The second kappa shape index (κ2) is 5.53. The number of phenols is 1. The molecule has 7 nitrogen and oxygen atoms in total. The number of rotatable bonds is 2. The fourth-order valence-electron chi connectivity index (χ4n) is 2.72. The van der Waals surface area contributed by atoms with Crippen LogP contribution in [0.25, 0.3) is 0 Å². The molecule has 120 valence electrons. The number of ketones is 1. The Morgan fingerprint density at radius 3 is 2.78 bits per heavy atom. The number of hydrogen-bond donors (Lipinski definition) is 3. The highest BCUT2D eigenvalue weighted by Crippen LogP contribution is 2.41. The van der Waals surface area contributed by atoms with E-state index in [4.69, 9.17) is 4.74 Å². The lowest BCUT2D eigenvalue weighted by Gasteiger charge is -2.33. The van der Waals surface area contributed by atoms with E-state index in [1.54, 1.807) is 0 Å². The molecule has 0 spiro atoms. The Balaban J connectivity index is 2.21. The van der Waals surface area contributed by atoms with Gasteiger partial charge in [0.15, 0.2) is 6.10 Å². The Kier molecular flexibility index (Phi) is 3.67. The van der Waals surface area contributed by atoms with Crippen LogP contribution in [0.5, 0.6) is 11.5 Å². The molecular weight excluding hydrogens is 304 g/mol. The number of carbonyl (C=O) groups is 2. The maximum absolute atomic E-state index is 12.7. The Morgan fingerprint density at radius 2 is 2.13 bits per heavy atom. The van der Waals surface area contributed by atoms with Crippen molar-refractivity contribution in [1.29, 1.82) is 0 Å². The van der Waals surface area contributed by atoms with Crippen molar-refractivity contribution in [1.82, 2.24) is 0 Å². The van der Waals surface area contributed by atoms with E-state index in [-0.39, 0.29) is 34.8 Å². The van der Waals surface area contributed by atoms with Gasteiger partial charge in [0.1, 0.15) is 23.2 Å². The zero-order chi connectivity index (χ0) is 16.7. The molecule has 0 amide bonds. The van der Waals surface area contributed by atoms with E-state index in [2.05, 4.69) is 4.74 Å². The number of ether oxygens (including phenoxy) is 2. The van der Waals surface area contributed by atoms with Gasteiger partial charge in [0.25, 0.3) is 0 Å². The molecule has 0 unspecified atom stereocenters. The van der Waals surface area contributed by atoms with Crippen LogP contribution in [0.1, 0.15) is 15.9 Å². The molecule has 1 aliphatic carbocycles. The zero-order valence-corrected chi connectivity index (χ0v) is 12.1. The summed E-state index contributed by atoms with van der Waals surface area (Å²) in [6.45, 7) is -0.346. The Labute approximate surface area is 131 Å². The average Bonchev–Trinajstić information content (AvgIpc) is 2.54. The van der Waals surface area contributed by atoms with Crippen LogP contribution in [0, 0.1) is 0 Å². The topological polar surface area (TPSA) is 113 Å². The number of aliphatic hydroxyl groups excluding tert-OH is 2. The molecule has 2 aliphatic rings. The standard InChI is InChI=1S/C16H14O7/c1-22-16(21)8-2-3-9(18)15-12(8)14(20)13-10(19)4-7(6-17)5-11(13)23-15/h2-5,9,15,17-19H,6H2,1H3/t9-,15+/m1/s1. The lowest BCUT2D eigenvalue weighted by Crippen LogP contribution is -2.42. The van der Waals surface area contributed by atoms with E-state index < -0.39 is 24.0 Å². The van der Waals surface area contributed by atoms with Crippen molar-refractivity contribution in [2.45, 2.75) is 18.8 Å². The molecule has 0 fully saturated rings. The van der Waals surface area contributed by atoms with E-state index in [0.29, 0.717) is 5.56 Å². The Bertz CT molecular complexity index is 760. The molecule has 0 saturated carbocycles. The minimum atomic E-state index is -1.13. The summed E-state index contributed by atoms with van der Waals surface area (Å²) in [5.74, 6) is -1.68. The summed E-state index contributed by atoms with van der Waals surface area (Å²) in [4.78, 5) is 24.6.